The van der Waals surface area contributed by atoms with Gasteiger partial charge in [0, 0.05) is 5.56 Å². The number of aromatic nitrogens is 2. The highest BCUT2D eigenvalue weighted by atomic mass is 35.5. The van der Waals surface area contributed by atoms with Crippen molar-refractivity contribution in [3.63, 3.8) is 0 Å². The first-order valence-corrected chi connectivity index (χ1v) is 8.95. The SMILES string of the molecule is Cc1cccc(-c2nnc(CNS(=O)(=O)c3ccccc3Cl)o2)c1. The van der Waals surface area contributed by atoms with Crippen LogP contribution in [0.2, 0.25) is 5.02 Å². The summed E-state index contributed by atoms with van der Waals surface area (Å²) < 4.78 is 32.4. The average Bonchev–Trinajstić information content (AvgIpc) is 3.02. The first-order chi connectivity index (χ1) is 11.5. The van der Waals surface area contributed by atoms with Crippen LogP contribution in [0.5, 0.6) is 0 Å². The van der Waals surface area contributed by atoms with E-state index in [1.54, 1.807) is 12.1 Å². The molecule has 1 N–H and O–H groups in total. The van der Waals surface area contributed by atoms with Gasteiger partial charge in [0.15, 0.2) is 0 Å². The van der Waals surface area contributed by atoms with Gasteiger partial charge in [-0.25, -0.2) is 13.1 Å². The Hall–Kier alpha value is -2.22. The number of aryl methyl sites for hydroxylation is 1. The number of rotatable bonds is 5. The number of hydrogen-bond donors (Lipinski definition) is 1. The molecule has 0 saturated heterocycles. The summed E-state index contributed by atoms with van der Waals surface area (Å²) in [6.07, 6.45) is 0. The van der Waals surface area contributed by atoms with E-state index >= 15 is 0 Å². The molecule has 3 aromatic rings. The highest BCUT2D eigenvalue weighted by Crippen LogP contribution is 2.21. The summed E-state index contributed by atoms with van der Waals surface area (Å²) in [5.74, 6) is 0.507. The third-order valence-corrected chi connectivity index (χ3v) is 5.17. The predicted octanol–water partition coefficient (Wildman–Crippen LogP) is 3.18. The molecule has 0 bridgehead atoms. The van der Waals surface area contributed by atoms with Crippen molar-refractivity contribution < 1.29 is 12.8 Å². The largest absolute Gasteiger partial charge is 0.419 e. The van der Waals surface area contributed by atoms with Gasteiger partial charge in [0.25, 0.3) is 0 Å². The first kappa shape index (κ1) is 16.6. The van der Waals surface area contributed by atoms with Crippen LogP contribution in [0.15, 0.2) is 57.8 Å². The van der Waals surface area contributed by atoms with Gasteiger partial charge >= 0.3 is 0 Å². The molecule has 0 saturated carbocycles. The number of benzene rings is 2. The zero-order chi connectivity index (χ0) is 17.2. The van der Waals surface area contributed by atoms with Crippen LogP contribution >= 0.6 is 11.6 Å². The Morgan fingerprint density at radius 1 is 1.12 bits per heavy atom. The number of sulfonamides is 1. The molecule has 1 aromatic heterocycles. The second-order valence-corrected chi connectivity index (χ2v) is 7.27. The van der Waals surface area contributed by atoms with Gasteiger partial charge < -0.3 is 4.42 Å². The molecule has 0 unspecified atom stereocenters. The van der Waals surface area contributed by atoms with E-state index in [0.717, 1.165) is 11.1 Å². The van der Waals surface area contributed by atoms with Crippen molar-refractivity contribution in [1.82, 2.24) is 14.9 Å². The second-order valence-electron chi connectivity index (χ2n) is 5.13. The molecule has 0 aliphatic carbocycles. The summed E-state index contributed by atoms with van der Waals surface area (Å²) in [5, 5.41) is 7.95. The lowest BCUT2D eigenvalue weighted by Gasteiger charge is -2.06. The van der Waals surface area contributed by atoms with Crippen LogP contribution in [0.1, 0.15) is 11.5 Å². The maximum atomic E-state index is 12.3. The number of halogens is 1. The van der Waals surface area contributed by atoms with Gasteiger partial charge in [-0.2, -0.15) is 0 Å². The van der Waals surface area contributed by atoms with Crippen molar-refractivity contribution >= 4 is 21.6 Å². The van der Waals surface area contributed by atoms with Gasteiger partial charge in [0.05, 0.1) is 11.6 Å². The van der Waals surface area contributed by atoms with Crippen molar-refractivity contribution in [3.05, 3.63) is 65.0 Å². The summed E-state index contributed by atoms with van der Waals surface area (Å²) in [6, 6.07) is 13.8. The molecule has 8 heteroatoms. The van der Waals surface area contributed by atoms with Crippen molar-refractivity contribution in [3.8, 4) is 11.5 Å². The molecule has 124 valence electrons. The van der Waals surface area contributed by atoms with Gasteiger partial charge in [0.2, 0.25) is 21.8 Å². The van der Waals surface area contributed by atoms with Crippen LogP contribution in [0.25, 0.3) is 11.5 Å². The summed E-state index contributed by atoms with van der Waals surface area (Å²) in [6.45, 7) is 1.84. The maximum absolute atomic E-state index is 12.3. The minimum atomic E-state index is -3.76. The lowest BCUT2D eigenvalue weighted by Crippen LogP contribution is -2.23. The van der Waals surface area contributed by atoms with E-state index in [1.807, 2.05) is 31.2 Å². The Kier molecular flexibility index (Phi) is 4.66. The van der Waals surface area contributed by atoms with Gasteiger partial charge in [-0.05, 0) is 31.2 Å². The van der Waals surface area contributed by atoms with Gasteiger partial charge in [-0.1, -0.05) is 41.4 Å². The van der Waals surface area contributed by atoms with Crippen molar-refractivity contribution in [1.29, 1.82) is 0 Å². The molecule has 6 nitrogen and oxygen atoms in total. The van der Waals surface area contributed by atoms with Crippen LogP contribution in [-0.2, 0) is 16.6 Å². The van der Waals surface area contributed by atoms with E-state index in [1.165, 1.54) is 12.1 Å². The average molecular weight is 364 g/mol. The minimum Gasteiger partial charge on any atom is -0.419 e. The van der Waals surface area contributed by atoms with Gasteiger partial charge in [-0.15, -0.1) is 10.2 Å². The summed E-state index contributed by atoms with van der Waals surface area (Å²) >= 11 is 5.92. The maximum Gasteiger partial charge on any atom is 0.247 e. The molecular weight excluding hydrogens is 350 g/mol. The molecule has 0 radical (unpaired) electrons. The third kappa shape index (κ3) is 3.64. The molecule has 3 rings (SSSR count). The highest BCUT2D eigenvalue weighted by molar-refractivity contribution is 7.89. The van der Waals surface area contributed by atoms with E-state index < -0.39 is 10.0 Å². The zero-order valence-corrected chi connectivity index (χ0v) is 14.3. The van der Waals surface area contributed by atoms with Crippen LogP contribution in [0.3, 0.4) is 0 Å². The highest BCUT2D eigenvalue weighted by Gasteiger charge is 2.18. The van der Waals surface area contributed by atoms with E-state index in [9.17, 15) is 8.42 Å². The lowest BCUT2D eigenvalue weighted by molar-refractivity contribution is 0.494. The standard InChI is InChI=1S/C16H14ClN3O3S/c1-11-5-4-6-12(9-11)16-20-19-15(23-16)10-18-24(21,22)14-8-3-2-7-13(14)17/h2-9,18H,10H2,1H3. The molecule has 0 aliphatic rings. The molecule has 2 aromatic carbocycles. The van der Waals surface area contributed by atoms with E-state index in [0.29, 0.717) is 5.89 Å². The van der Waals surface area contributed by atoms with Crippen molar-refractivity contribution in [2.45, 2.75) is 18.4 Å². The monoisotopic (exact) mass is 363 g/mol. The Bertz CT molecular complexity index is 970. The van der Waals surface area contributed by atoms with Crippen LogP contribution < -0.4 is 4.72 Å². The Morgan fingerprint density at radius 2 is 1.92 bits per heavy atom. The molecule has 0 aliphatic heterocycles. The summed E-state index contributed by atoms with van der Waals surface area (Å²) in [4.78, 5) is 0.00471. The summed E-state index contributed by atoms with van der Waals surface area (Å²) in [7, 11) is -3.76. The molecule has 24 heavy (non-hydrogen) atoms. The zero-order valence-electron chi connectivity index (χ0n) is 12.7. The van der Waals surface area contributed by atoms with E-state index in [4.69, 9.17) is 16.0 Å². The van der Waals surface area contributed by atoms with E-state index in [-0.39, 0.29) is 22.4 Å². The smallest absolute Gasteiger partial charge is 0.247 e. The fourth-order valence-electron chi connectivity index (χ4n) is 2.12. The Morgan fingerprint density at radius 3 is 2.67 bits per heavy atom. The fraction of sp³-hybridized carbons (Fsp3) is 0.125. The molecule has 0 fully saturated rings. The van der Waals surface area contributed by atoms with Crippen LogP contribution in [0, 0.1) is 6.92 Å². The molecule has 0 spiro atoms. The third-order valence-electron chi connectivity index (χ3n) is 3.27. The minimum absolute atomic E-state index is 0.00471. The fourth-order valence-corrected chi connectivity index (χ4v) is 3.61. The Labute approximate surface area is 144 Å². The lowest BCUT2D eigenvalue weighted by atomic mass is 10.1. The van der Waals surface area contributed by atoms with Gasteiger partial charge in [0.1, 0.15) is 4.90 Å². The normalized spacial score (nSPS) is 11.6. The van der Waals surface area contributed by atoms with Gasteiger partial charge in [-0.3, -0.25) is 0 Å². The number of nitrogens with zero attached hydrogens (tertiary/aromatic N) is 2. The van der Waals surface area contributed by atoms with Crippen molar-refractivity contribution in [2.75, 3.05) is 0 Å². The Balaban J connectivity index is 1.75. The first-order valence-electron chi connectivity index (χ1n) is 7.09. The molecule has 1 heterocycles. The van der Waals surface area contributed by atoms with Crippen LogP contribution in [0.4, 0.5) is 0 Å². The molecule has 0 amide bonds. The van der Waals surface area contributed by atoms with Crippen LogP contribution in [-0.4, -0.2) is 18.6 Å². The predicted molar refractivity (Wildman–Crippen MR) is 89.9 cm³/mol. The topological polar surface area (TPSA) is 85.1 Å². The second kappa shape index (κ2) is 6.72. The summed E-state index contributed by atoms with van der Waals surface area (Å²) in [5.41, 5.74) is 1.84. The number of nitrogens with one attached hydrogen (secondary N) is 1. The van der Waals surface area contributed by atoms with Crippen molar-refractivity contribution in [2.24, 2.45) is 0 Å². The number of hydrogen-bond acceptors (Lipinski definition) is 5. The molecular formula is C16H14ClN3O3S. The molecule has 0 atom stereocenters. The van der Waals surface area contributed by atoms with E-state index in [2.05, 4.69) is 14.9 Å². The quantitative estimate of drug-likeness (QED) is 0.752.